The second-order valence-corrected chi connectivity index (χ2v) is 5.88. The third kappa shape index (κ3) is 3.50. The van der Waals surface area contributed by atoms with Crippen molar-refractivity contribution in [2.24, 2.45) is 5.73 Å². The van der Waals surface area contributed by atoms with Gasteiger partial charge in [-0.15, -0.1) is 0 Å². The van der Waals surface area contributed by atoms with E-state index in [1.54, 1.807) is 6.20 Å². The largest absolute Gasteiger partial charge is 0.369 e. The van der Waals surface area contributed by atoms with E-state index >= 15 is 0 Å². The highest BCUT2D eigenvalue weighted by Gasteiger charge is 2.20. The Morgan fingerprint density at radius 1 is 1.45 bits per heavy atom. The van der Waals surface area contributed by atoms with Crippen LogP contribution in [-0.2, 0) is 6.54 Å². The molecule has 20 heavy (non-hydrogen) atoms. The molecule has 6 nitrogen and oxygen atoms in total. The first-order valence-corrected chi connectivity index (χ1v) is 7.27. The zero-order chi connectivity index (χ0) is 14.7. The average Bonchev–Trinajstić information content (AvgIpc) is 2.42. The van der Waals surface area contributed by atoms with Crippen LogP contribution in [0.1, 0.15) is 12.8 Å². The van der Waals surface area contributed by atoms with E-state index in [0.717, 1.165) is 38.2 Å². The van der Waals surface area contributed by atoms with E-state index in [4.69, 9.17) is 17.3 Å². The Bertz CT molecular complexity index is 508. The zero-order valence-corrected chi connectivity index (χ0v) is 12.8. The van der Waals surface area contributed by atoms with Crippen molar-refractivity contribution in [1.82, 2.24) is 14.7 Å². The highest BCUT2D eigenvalue weighted by Crippen LogP contribution is 2.24. The van der Waals surface area contributed by atoms with Crippen LogP contribution >= 0.6 is 11.6 Å². The van der Waals surface area contributed by atoms with Crippen molar-refractivity contribution in [2.75, 3.05) is 38.6 Å². The molecule has 0 radical (unpaired) electrons. The molecule has 1 aliphatic heterocycles. The molecule has 1 aromatic heterocycles. The molecule has 0 amide bonds. The number of hydrogen-bond acceptors (Lipinski definition) is 5. The summed E-state index contributed by atoms with van der Waals surface area (Å²) in [6, 6.07) is 0.249. The van der Waals surface area contributed by atoms with Crippen LogP contribution in [0.15, 0.2) is 11.0 Å². The summed E-state index contributed by atoms with van der Waals surface area (Å²) >= 11 is 6.22. The topological polar surface area (TPSA) is 67.4 Å². The summed E-state index contributed by atoms with van der Waals surface area (Å²) < 4.78 is 1.42. The zero-order valence-electron chi connectivity index (χ0n) is 12.0. The number of piperidine rings is 1. The summed E-state index contributed by atoms with van der Waals surface area (Å²) in [7, 11) is 3.91. The number of nitrogens with two attached hydrogens (primary N) is 1. The van der Waals surface area contributed by atoms with E-state index in [1.165, 1.54) is 4.68 Å². The Morgan fingerprint density at radius 3 is 2.70 bits per heavy atom. The fourth-order valence-electron chi connectivity index (χ4n) is 2.27. The number of nitrogens with zero attached hydrogens (tertiary/aromatic N) is 4. The van der Waals surface area contributed by atoms with Crippen molar-refractivity contribution in [3.05, 3.63) is 21.6 Å². The Kier molecular flexibility index (Phi) is 5.01. The van der Waals surface area contributed by atoms with Gasteiger partial charge in [-0.2, -0.15) is 5.10 Å². The van der Waals surface area contributed by atoms with Gasteiger partial charge >= 0.3 is 0 Å². The molecule has 0 atom stereocenters. The minimum atomic E-state index is -0.221. The molecule has 7 heteroatoms. The van der Waals surface area contributed by atoms with Crippen molar-refractivity contribution in [3.8, 4) is 0 Å². The summed E-state index contributed by atoms with van der Waals surface area (Å²) in [4.78, 5) is 16.3. The van der Waals surface area contributed by atoms with Gasteiger partial charge in [-0.3, -0.25) is 4.79 Å². The van der Waals surface area contributed by atoms with Gasteiger partial charge in [0.1, 0.15) is 5.02 Å². The fourth-order valence-corrected chi connectivity index (χ4v) is 2.54. The van der Waals surface area contributed by atoms with Crippen molar-refractivity contribution in [1.29, 1.82) is 0 Å². The van der Waals surface area contributed by atoms with Gasteiger partial charge in [0.25, 0.3) is 5.56 Å². The Hall–Kier alpha value is -1.11. The van der Waals surface area contributed by atoms with Crippen LogP contribution < -0.4 is 16.2 Å². The van der Waals surface area contributed by atoms with E-state index in [0.29, 0.717) is 6.54 Å². The van der Waals surface area contributed by atoms with Crippen LogP contribution in [0.5, 0.6) is 0 Å². The third-order valence-corrected chi connectivity index (χ3v) is 3.96. The van der Waals surface area contributed by atoms with Gasteiger partial charge in [0.15, 0.2) is 0 Å². The van der Waals surface area contributed by atoms with Gasteiger partial charge in [-0.25, -0.2) is 4.68 Å². The predicted octanol–water partition coefficient (Wildman–Crippen LogP) is 0.386. The van der Waals surface area contributed by atoms with Gasteiger partial charge in [-0.05, 0) is 26.9 Å². The lowest BCUT2D eigenvalue weighted by atomic mass is 10.1. The highest BCUT2D eigenvalue weighted by molar-refractivity contribution is 6.33. The van der Waals surface area contributed by atoms with Gasteiger partial charge in [-0.1, -0.05) is 11.6 Å². The first kappa shape index (κ1) is 15.3. The number of rotatable bonds is 4. The lowest BCUT2D eigenvalue weighted by Crippen LogP contribution is -2.41. The molecule has 0 bridgehead atoms. The number of likely N-dealkylation sites (N-methyl/N-ethyl adjacent to an activating group) is 1. The third-order valence-electron chi connectivity index (χ3n) is 3.61. The number of aromatic nitrogens is 2. The van der Waals surface area contributed by atoms with Crippen molar-refractivity contribution < 1.29 is 0 Å². The monoisotopic (exact) mass is 299 g/mol. The summed E-state index contributed by atoms with van der Waals surface area (Å²) in [5.41, 5.74) is 6.39. The minimum absolute atomic E-state index is 0.221. The van der Waals surface area contributed by atoms with Gasteiger partial charge < -0.3 is 15.5 Å². The summed E-state index contributed by atoms with van der Waals surface area (Å²) in [5.74, 6) is 0. The lowest BCUT2D eigenvalue weighted by Gasteiger charge is -2.32. The fraction of sp³-hybridized carbons (Fsp3) is 0.692. The maximum atomic E-state index is 12.2. The summed E-state index contributed by atoms with van der Waals surface area (Å²) in [6.45, 7) is 2.94. The molecular weight excluding hydrogens is 278 g/mol. The first-order valence-electron chi connectivity index (χ1n) is 6.90. The van der Waals surface area contributed by atoms with Crippen molar-refractivity contribution in [3.63, 3.8) is 0 Å². The van der Waals surface area contributed by atoms with Crippen LogP contribution in [0.2, 0.25) is 5.02 Å². The molecule has 0 spiro atoms. The molecule has 1 saturated heterocycles. The van der Waals surface area contributed by atoms with Crippen LogP contribution in [0.3, 0.4) is 0 Å². The predicted molar refractivity (Wildman–Crippen MR) is 81.5 cm³/mol. The molecule has 1 aromatic rings. The first-order chi connectivity index (χ1) is 9.49. The summed E-state index contributed by atoms with van der Waals surface area (Å²) in [6.07, 6.45) is 3.52. The average molecular weight is 300 g/mol. The summed E-state index contributed by atoms with van der Waals surface area (Å²) in [5, 5.41) is 4.48. The van der Waals surface area contributed by atoms with Crippen LogP contribution in [0.25, 0.3) is 0 Å². The van der Waals surface area contributed by atoms with Crippen molar-refractivity contribution >= 4 is 17.3 Å². The van der Waals surface area contributed by atoms with E-state index in [1.807, 2.05) is 19.0 Å². The number of halogens is 1. The van der Waals surface area contributed by atoms with Gasteiger partial charge in [0.05, 0.1) is 18.4 Å². The molecular formula is C13H22ClN5O. The van der Waals surface area contributed by atoms with Gasteiger partial charge in [0.2, 0.25) is 0 Å². The maximum absolute atomic E-state index is 12.2. The second-order valence-electron chi connectivity index (χ2n) is 5.50. The molecule has 2 N–H and O–H groups in total. The van der Waals surface area contributed by atoms with E-state index in [2.05, 4.69) is 10.00 Å². The van der Waals surface area contributed by atoms with Gasteiger partial charge in [0, 0.05) is 25.7 Å². The molecule has 2 heterocycles. The van der Waals surface area contributed by atoms with Crippen LogP contribution in [-0.4, -0.2) is 54.5 Å². The highest BCUT2D eigenvalue weighted by atomic mass is 35.5. The van der Waals surface area contributed by atoms with Crippen molar-refractivity contribution in [2.45, 2.75) is 25.4 Å². The molecule has 0 saturated carbocycles. The lowest BCUT2D eigenvalue weighted by molar-refractivity contribution is 0.367. The van der Waals surface area contributed by atoms with E-state index in [9.17, 15) is 4.79 Å². The second kappa shape index (κ2) is 6.56. The molecule has 2 rings (SSSR count). The Morgan fingerprint density at radius 2 is 2.10 bits per heavy atom. The van der Waals surface area contributed by atoms with Crippen LogP contribution in [0.4, 0.5) is 5.69 Å². The molecule has 0 aromatic carbocycles. The Labute approximate surface area is 124 Å². The SMILES string of the molecule is CN(C)CCn1ncc(N2CCC(N)CC2)c(Cl)c1=O. The smallest absolute Gasteiger partial charge is 0.287 e. The van der Waals surface area contributed by atoms with Crippen LogP contribution in [0, 0.1) is 0 Å². The molecule has 112 valence electrons. The quantitative estimate of drug-likeness (QED) is 0.871. The molecule has 0 unspecified atom stereocenters. The molecule has 1 fully saturated rings. The Balaban J connectivity index is 2.16. The normalized spacial score (nSPS) is 16.9. The standard InChI is InChI=1S/C13H22ClN5O/c1-17(2)7-8-19-13(20)12(14)11(9-16-19)18-5-3-10(15)4-6-18/h9-10H,3-8,15H2,1-2H3. The number of hydrogen-bond donors (Lipinski definition) is 1. The maximum Gasteiger partial charge on any atom is 0.287 e. The van der Waals surface area contributed by atoms with E-state index < -0.39 is 0 Å². The molecule has 1 aliphatic rings. The van der Waals surface area contributed by atoms with E-state index in [-0.39, 0.29) is 16.6 Å². The molecule has 0 aliphatic carbocycles. The number of anilines is 1. The minimum Gasteiger partial charge on any atom is -0.369 e.